The van der Waals surface area contributed by atoms with Gasteiger partial charge in [-0.1, -0.05) is 36.4 Å². The van der Waals surface area contributed by atoms with E-state index >= 15 is 0 Å². The van der Waals surface area contributed by atoms with Gasteiger partial charge in [0, 0.05) is 16.8 Å². The van der Waals surface area contributed by atoms with Crippen LogP contribution in [0.2, 0.25) is 0 Å². The van der Waals surface area contributed by atoms with Gasteiger partial charge in [0.2, 0.25) is 0 Å². The lowest BCUT2D eigenvalue weighted by atomic mass is 9.82. The number of aromatic nitrogens is 2. The van der Waals surface area contributed by atoms with E-state index in [0.29, 0.717) is 22.3 Å². The van der Waals surface area contributed by atoms with Gasteiger partial charge in [-0.15, -0.1) is 11.3 Å². The number of amides is 1. The Kier molecular flexibility index (Phi) is 4.71. The molecule has 1 aliphatic rings. The second-order valence-electron chi connectivity index (χ2n) is 7.76. The van der Waals surface area contributed by atoms with Crippen molar-refractivity contribution in [1.82, 2.24) is 9.97 Å². The molecule has 3 N–H and O–H groups in total. The number of rotatable bonds is 3. The molecule has 150 valence electrons. The topological polar surface area (TPSA) is 80.9 Å². The van der Waals surface area contributed by atoms with Crippen LogP contribution in [0.4, 0.5) is 11.5 Å². The molecule has 3 aromatic heterocycles. The van der Waals surface area contributed by atoms with E-state index in [4.69, 9.17) is 10.7 Å². The van der Waals surface area contributed by atoms with Gasteiger partial charge in [-0.05, 0) is 61.4 Å². The Labute approximate surface area is 179 Å². The van der Waals surface area contributed by atoms with E-state index in [1.165, 1.54) is 22.5 Å². The van der Waals surface area contributed by atoms with Gasteiger partial charge >= 0.3 is 0 Å². The fourth-order valence-electron chi connectivity index (χ4n) is 4.15. The molecule has 0 aliphatic heterocycles. The minimum atomic E-state index is -0.242. The molecule has 1 unspecified atom stereocenters. The molecule has 1 aromatic carbocycles. The SMILES string of the molecule is Cc1cccc(NC(=O)c2sc3nc4c(cc3c2N)CC(c2ccccc2)CC4)n1. The van der Waals surface area contributed by atoms with E-state index < -0.39 is 0 Å². The summed E-state index contributed by atoms with van der Waals surface area (Å²) in [6, 6.07) is 18.3. The lowest BCUT2D eigenvalue weighted by Gasteiger charge is -2.24. The lowest BCUT2D eigenvalue weighted by molar-refractivity contribution is 0.103. The maximum Gasteiger partial charge on any atom is 0.269 e. The van der Waals surface area contributed by atoms with Gasteiger partial charge in [0.1, 0.15) is 15.5 Å². The quantitative estimate of drug-likeness (QED) is 0.488. The largest absolute Gasteiger partial charge is 0.397 e. The van der Waals surface area contributed by atoms with Gasteiger partial charge in [0.15, 0.2) is 0 Å². The number of hydrogen-bond donors (Lipinski definition) is 2. The maximum absolute atomic E-state index is 12.8. The molecule has 4 aromatic rings. The van der Waals surface area contributed by atoms with Gasteiger partial charge in [0.05, 0.1) is 5.69 Å². The molecule has 0 radical (unpaired) electrons. The smallest absolute Gasteiger partial charge is 0.269 e. The molecule has 5 rings (SSSR count). The number of thiophene rings is 1. The predicted molar refractivity (Wildman–Crippen MR) is 122 cm³/mol. The molecule has 0 saturated carbocycles. The van der Waals surface area contributed by atoms with Crippen molar-refractivity contribution in [2.75, 3.05) is 11.1 Å². The summed E-state index contributed by atoms with van der Waals surface area (Å²) >= 11 is 1.35. The molecule has 1 amide bonds. The van der Waals surface area contributed by atoms with Crippen LogP contribution in [0.1, 0.15) is 44.5 Å². The Hall–Kier alpha value is -3.25. The summed E-state index contributed by atoms with van der Waals surface area (Å²) in [5, 5.41) is 3.72. The number of carbonyl (C=O) groups is 1. The average molecular weight is 415 g/mol. The summed E-state index contributed by atoms with van der Waals surface area (Å²) in [6.07, 6.45) is 2.98. The Morgan fingerprint density at radius 3 is 2.77 bits per heavy atom. The normalized spacial score (nSPS) is 15.7. The zero-order valence-electron chi connectivity index (χ0n) is 16.7. The first-order chi connectivity index (χ1) is 14.6. The van der Waals surface area contributed by atoms with Gasteiger partial charge < -0.3 is 11.1 Å². The first-order valence-electron chi connectivity index (χ1n) is 10.1. The van der Waals surface area contributed by atoms with Crippen LogP contribution >= 0.6 is 11.3 Å². The maximum atomic E-state index is 12.8. The first-order valence-corrected chi connectivity index (χ1v) is 10.9. The number of nitrogens with one attached hydrogen (secondary N) is 1. The number of nitrogens with two attached hydrogens (primary N) is 1. The van der Waals surface area contributed by atoms with Crippen molar-refractivity contribution in [3.63, 3.8) is 0 Å². The number of aryl methyl sites for hydroxylation is 2. The fourth-order valence-corrected chi connectivity index (χ4v) is 5.15. The third-order valence-corrected chi connectivity index (χ3v) is 6.81. The number of carbonyl (C=O) groups excluding carboxylic acids is 1. The summed E-state index contributed by atoms with van der Waals surface area (Å²) < 4.78 is 0. The highest BCUT2D eigenvalue weighted by Gasteiger charge is 2.24. The van der Waals surface area contributed by atoms with Crippen LogP contribution in [0.5, 0.6) is 0 Å². The molecular formula is C24H22N4OS. The van der Waals surface area contributed by atoms with Crippen LogP contribution < -0.4 is 11.1 Å². The molecule has 3 heterocycles. The second kappa shape index (κ2) is 7.54. The molecule has 6 heteroatoms. The van der Waals surface area contributed by atoms with Crippen LogP contribution in [-0.2, 0) is 12.8 Å². The Balaban J connectivity index is 1.46. The number of nitrogen functional groups attached to an aromatic ring is 1. The molecule has 30 heavy (non-hydrogen) atoms. The highest BCUT2D eigenvalue weighted by atomic mass is 32.1. The van der Waals surface area contributed by atoms with Crippen LogP contribution in [-0.4, -0.2) is 15.9 Å². The highest BCUT2D eigenvalue weighted by Crippen LogP contribution is 2.38. The summed E-state index contributed by atoms with van der Waals surface area (Å²) in [5.74, 6) is 0.775. The van der Waals surface area contributed by atoms with Crippen LogP contribution in [0.3, 0.4) is 0 Å². The van der Waals surface area contributed by atoms with E-state index in [0.717, 1.165) is 40.9 Å². The van der Waals surface area contributed by atoms with Gasteiger partial charge in [-0.25, -0.2) is 9.97 Å². The van der Waals surface area contributed by atoms with Crippen LogP contribution in [0.25, 0.3) is 10.2 Å². The van der Waals surface area contributed by atoms with Crippen molar-refractivity contribution in [3.05, 3.63) is 82.0 Å². The van der Waals surface area contributed by atoms with Gasteiger partial charge in [-0.3, -0.25) is 4.79 Å². The van der Waals surface area contributed by atoms with E-state index in [1.54, 1.807) is 6.07 Å². The minimum absolute atomic E-state index is 0.242. The van der Waals surface area contributed by atoms with E-state index in [1.807, 2.05) is 19.1 Å². The molecule has 0 spiro atoms. The molecule has 1 atom stereocenters. The number of hydrogen-bond acceptors (Lipinski definition) is 5. The Bertz CT molecular complexity index is 1250. The lowest BCUT2D eigenvalue weighted by Crippen LogP contribution is -2.14. The Morgan fingerprint density at radius 2 is 1.97 bits per heavy atom. The second-order valence-corrected chi connectivity index (χ2v) is 8.76. The molecule has 0 saturated heterocycles. The highest BCUT2D eigenvalue weighted by molar-refractivity contribution is 7.21. The van der Waals surface area contributed by atoms with Crippen molar-refractivity contribution >= 4 is 39.0 Å². The van der Waals surface area contributed by atoms with E-state index in [9.17, 15) is 4.79 Å². The van der Waals surface area contributed by atoms with Crippen molar-refractivity contribution in [2.45, 2.75) is 32.1 Å². The number of benzene rings is 1. The molecule has 0 bridgehead atoms. The summed E-state index contributed by atoms with van der Waals surface area (Å²) in [4.78, 5) is 23.4. The minimum Gasteiger partial charge on any atom is -0.397 e. The van der Waals surface area contributed by atoms with Crippen LogP contribution in [0.15, 0.2) is 54.6 Å². The van der Waals surface area contributed by atoms with Crippen molar-refractivity contribution < 1.29 is 4.79 Å². The third kappa shape index (κ3) is 3.44. The standard InChI is InChI=1S/C24H22N4OS/c1-14-6-5-9-20(26-14)28-23(29)22-21(25)18-13-17-12-16(15-7-3-2-4-8-15)10-11-19(17)27-24(18)30-22/h2-9,13,16H,10-12,25H2,1H3,(H,26,28,29). The van der Waals surface area contributed by atoms with Crippen LogP contribution in [0, 0.1) is 6.92 Å². The van der Waals surface area contributed by atoms with Crippen molar-refractivity contribution in [3.8, 4) is 0 Å². The zero-order chi connectivity index (χ0) is 20.7. The number of fused-ring (bicyclic) bond motifs is 2. The number of pyridine rings is 2. The van der Waals surface area contributed by atoms with Gasteiger partial charge in [-0.2, -0.15) is 0 Å². The van der Waals surface area contributed by atoms with E-state index in [-0.39, 0.29) is 5.91 Å². The summed E-state index contributed by atoms with van der Waals surface area (Å²) in [7, 11) is 0. The van der Waals surface area contributed by atoms with Crippen molar-refractivity contribution in [2.24, 2.45) is 0 Å². The summed E-state index contributed by atoms with van der Waals surface area (Å²) in [5.41, 5.74) is 11.5. The predicted octanol–water partition coefficient (Wildman–Crippen LogP) is 5.11. The summed E-state index contributed by atoms with van der Waals surface area (Å²) in [6.45, 7) is 1.89. The monoisotopic (exact) mass is 414 g/mol. The fraction of sp³-hybridized carbons (Fsp3) is 0.208. The third-order valence-electron chi connectivity index (χ3n) is 5.69. The molecule has 1 aliphatic carbocycles. The number of anilines is 2. The molecule has 5 nitrogen and oxygen atoms in total. The molecular weight excluding hydrogens is 392 g/mol. The van der Waals surface area contributed by atoms with E-state index in [2.05, 4.69) is 46.7 Å². The first kappa shape index (κ1) is 18.8. The number of nitrogens with zero attached hydrogens (tertiary/aromatic N) is 2. The van der Waals surface area contributed by atoms with Crippen molar-refractivity contribution in [1.29, 1.82) is 0 Å². The average Bonchev–Trinajstić information content (AvgIpc) is 3.08. The Morgan fingerprint density at radius 1 is 1.13 bits per heavy atom. The van der Waals surface area contributed by atoms with Gasteiger partial charge in [0.25, 0.3) is 5.91 Å². The zero-order valence-corrected chi connectivity index (χ0v) is 17.5. The molecule has 0 fully saturated rings.